The second-order valence-corrected chi connectivity index (χ2v) is 5.95. The van der Waals surface area contributed by atoms with Crippen molar-refractivity contribution in [1.82, 2.24) is 0 Å². The minimum absolute atomic E-state index is 0.0791. The Morgan fingerprint density at radius 2 is 1.00 bits per heavy atom. The van der Waals surface area contributed by atoms with Crippen LogP contribution in [-0.4, -0.2) is 5.91 Å². The Bertz CT molecular complexity index is 492. The lowest BCUT2D eigenvalue weighted by molar-refractivity contribution is -0.121. The quantitative estimate of drug-likeness (QED) is 0.376. The van der Waals surface area contributed by atoms with Crippen LogP contribution in [0.15, 0.2) is 72.9 Å². The van der Waals surface area contributed by atoms with E-state index in [4.69, 9.17) is 5.73 Å². The second kappa shape index (κ2) is 18.3. The monoisotopic (exact) mass is 341 g/mol. The molecule has 2 N–H and O–H groups in total. The fourth-order valence-corrected chi connectivity index (χ4v) is 1.94. The molecule has 0 heterocycles. The lowest BCUT2D eigenvalue weighted by atomic mass is 10.1. The van der Waals surface area contributed by atoms with Gasteiger partial charge in [0.2, 0.25) is 5.91 Å². The van der Waals surface area contributed by atoms with Crippen LogP contribution in [-0.2, 0) is 4.79 Å². The lowest BCUT2D eigenvalue weighted by Crippen LogP contribution is -2.19. The Balaban J connectivity index is 3.59. The van der Waals surface area contributed by atoms with E-state index in [9.17, 15) is 4.79 Å². The predicted molar refractivity (Wildman–Crippen MR) is 111 cm³/mol. The van der Waals surface area contributed by atoms with Gasteiger partial charge in [-0.25, -0.2) is 0 Å². The summed E-state index contributed by atoms with van der Waals surface area (Å²) in [4.78, 5) is 10.9. The van der Waals surface area contributed by atoms with Gasteiger partial charge in [0.15, 0.2) is 0 Å². The molecule has 0 fully saturated rings. The summed E-state index contributed by atoms with van der Waals surface area (Å²) < 4.78 is 0. The van der Waals surface area contributed by atoms with Gasteiger partial charge in [0.25, 0.3) is 0 Å². The van der Waals surface area contributed by atoms with Crippen LogP contribution in [0.5, 0.6) is 0 Å². The van der Waals surface area contributed by atoms with Crippen molar-refractivity contribution in [2.75, 3.05) is 0 Å². The molecule has 0 aromatic carbocycles. The van der Waals surface area contributed by atoms with E-state index < -0.39 is 0 Å². The number of rotatable bonds is 14. The Kier molecular flexibility index (Phi) is 16.7. The van der Waals surface area contributed by atoms with E-state index in [-0.39, 0.29) is 11.8 Å². The largest absolute Gasteiger partial charge is 0.369 e. The van der Waals surface area contributed by atoms with Gasteiger partial charge >= 0.3 is 0 Å². The number of carbonyl (C=O) groups is 1. The third kappa shape index (κ3) is 18.1. The summed E-state index contributed by atoms with van der Waals surface area (Å²) in [5.41, 5.74) is 5.21. The van der Waals surface area contributed by atoms with Crippen molar-refractivity contribution < 1.29 is 4.79 Å². The number of primary amides is 1. The third-order valence-corrected chi connectivity index (χ3v) is 3.57. The first kappa shape index (κ1) is 22.9. The van der Waals surface area contributed by atoms with Crippen LogP contribution in [0.25, 0.3) is 0 Å². The highest BCUT2D eigenvalue weighted by molar-refractivity contribution is 5.76. The van der Waals surface area contributed by atoms with Crippen LogP contribution in [0.4, 0.5) is 0 Å². The Morgan fingerprint density at radius 1 is 0.680 bits per heavy atom. The molecule has 0 radical (unpaired) electrons. The van der Waals surface area contributed by atoms with Gasteiger partial charge in [0, 0.05) is 5.92 Å². The van der Waals surface area contributed by atoms with E-state index in [1.54, 1.807) is 0 Å². The van der Waals surface area contributed by atoms with Gasteiger partial charge in [-0.1, -0.05) is 86.8 Å². The molecule has 0 aliphatic carbocycles. The Labute approximate surface area is 154 Å². The molecule has 0 aliphatic rings. The Morgan fingerprint density at radius 3 is 1.32 bits per heavy atom. The first-order valence-corrected chi connectivity index (χ1v) is 9.37. The van der Waals surface area contributed by atoms with Crippen molar-refractivity contribution >= 4 is 5.91 Å². The van der Waals surface area contributed by atoms with Gasteiger partial charge in [-0.3, -0.25) is 4.79 Å². The summed E-state index contributed by atoms with van der Waals surface area (Å²) in [5, 5.41) is 0. The zero-order valence-electron chi connectivity index (χ0n) is 15.9. The minimum Gasteiger partial charge on any atom is -0.369 e. The predicted octanol–water partition coefficient (Wildman–Crippen LogP) is 6.20. The molecule has 138 valence electrons. The van der Waals surface area contributed by atoms with Crippen LogP contribution in [0.2, 0.25) is 0 Å². The standard InChI is InChI=1S/C23H35NO/c1-3-4-5-6-7-8-9-10-11-12-13-14-15-16-17-18-19-20-21-22(2)23(24)25/h4-5,7-8,10-11,13-14,16-17,19-20,22H,3,6,9,12,15,18,21H2,1-2H3,(H2,24,25). The highest BCUT2D eigenvalue weighted by Gasteiger charge is 2.04. The highest BCUT2D eigenvalue weighted by Crippen LogP contribution is 2.02. The van der Waals surface area contributed by atoms with Crippen molar-refractivity contribution in [2.24, 2.45) is 11.7 Å². The van der Waals surface area contributed by atoms with E-state index in [0.717, 1.165) is 44.9 Å². The van der Waals surface area contributed by atoms with Crippen LogP contribution in [0.3, 0.4) is 0 Å². The summed E-state index contributed by atoms with van der Waals surface area (Å²) >= 11 is 0. The molecule has 1 amide bonds. The molecule has 0 spiro atoms. The normalized spacial score (nSPS) is 14.3. The molecule has 1 atom stereocenters. The molecule has 2 nitrogen and oxygen atoms in total. The topological polar surface area (TPSA) is 43.1 Å². The SMILES string of the molecule is CCC=CCC=CCC=CCC=CCC=CCC=CCC(C)C(N)=O. The molecule has 2 heteroatoms. The molecule has 0 aliphatic heterocycles. The van der Waals surface area contributed by atoms with Crippen molar-refractivity contribution in [3.8, 4) is 0 Å². The first-order valence-electron chi connectivity index (χ1n) is 9.37. The maximum absolute atomic E-state index is 10.9. The van der Waals surface area contributed by atoms with Crippen LogP contribution >= 0.6 is 0 Å². The summed E-state index contributed by atoms with van der Waals surface area (Å²) in [5.74, 6) is -0.316. The first-order chi connectivity index (χ1) is 12.2. The van der Waals surface area contributed by atoms with Crippen LogP contribution in [0, 0.1) is 5.92 Å². The fourth-order valence-electron chi connectivity index (χ4n) is 1.94. The Hall–Kier alpha value is -2.09. The number of hydrogen-bond donors (Lipinski definition) is 1. The molecule has 0 aromatic heterocycles. The van der Waals surface area contributed by atoms with E-state index in [1.165, 1.54) is 0 Å². The van der Waals surface area contributed by atoms with Gasteiger partial charge in [-0.2, -0.15) is 0 Å². The summed E-state index contributed by atoms with van der Waals surface area (Å²) in [6.07, 6.45) is 32.7. The maximum atomic E-state index is 10.9. The molecule has 25 heavy (non-hydrogen) atoms. The van der Waals surface area contributed by atoms with Crippen molar-refractivity contribution in [3.05, 3.63) is 72.9 Å². The maximum Gasteiger partial charge on any atom is 0.220 e. The molecular weight excluding hydrogens is 306 g/mol. The number of allylic oxidation sites excluding steroid dienone is 12. The molecular formula is C23H35NO. The summed E-state index contributed by atoms with van der Waals surface area (Å²) in [7, 11) is 0. The smallest absolute Gasteiger partial charge is 0.220 e. The summed E-state index contributed by atoms with van der Waals surface area (Å²) in [6.45, 7) is 4.00. The van der Waals surface area contributed by atoms with Crippen molar-refractivity contribution in [3.63, 3.8) is 0 Å². The van der Waals surface area contributed by atoms with Crippen LogP contribution in [0.1, 0.15) is 58.8 Å². The van der Waals surface area contributed by atoms with Crippen molar-refractivity contribution in [2.45, 2.75) is 58.8 Å². The molecule has 1 unspecified atom stereocenters. The third-order valence-electron chi connectivity index (χ3n) is 3.57. The number of nitrogens with two attached hydrogens (primary N) is 1. The average Bonchev–Trinajstić information content (AvgIpc) is 2.60. The zero-order valence-corrected chi connectivity index (χ0v) is 15.9. The molecule has 0 rings (SSSR count). The van der Waals surface area contributed by atoms with E-state index >= 15 is 0 Å². The molecule has 0 saturated carbocycles. The highest BCUT2D eigenvalue weighted by atomic mass is 16.1. The number of hydrogen-bond acceptors (Lipinski definition) is 1. The lowest BCUT2D eigenvalue weighted by Gasteiger charge is -2.00. The molecule has 0 aromatic rings. The summed E-state index contributed by atoms with van der Waals surface area (Å²) in [6, 6.07) is 0. The van der Waals surface area contributed by atoms with Gasteiger partial charge < -0.3 is 5.73 Å². The van der Waals surface area contributed by atoms with E-state index in [1.807, 2.05) is 13.0 Å². The minimum atomic E-state index is -0.237. The van der Waals surface area contributed by atoms with Crippen LogP contribution < -0.4 is 5.73 Å². The van der Waals surface area contributed by atoms with Gasteiger partial charge in [-0.05, 0) is 44.9 Å². The second-order valence-electron chi connectivity index (χ2n) is 5.95. The number of amides is 1. The van der Waals surface area contributed by atoms with E-state index in [0.29, 0.717) is 0 Å². The molecule has 0 bridgehead atoms. The van der Waals surface area contributed by atoms with Gasteiger partial charge in [-0.15, -0.1) is 0 Å². The molecule has 0 saturated heterocycles. The zero-order chi connectivity index (χ0) is 18.6. The van der Waals surface area contributed by atoms with Gasteiger partial charge in [0.1, 0.15) is 0 Å². The fraction of sp³-hybridized carbons (Fsp3) is 0.435. The van der Waals surface area contributed by atoms with E-state index in [2.05, 4.69) is 73.8 Å². The average molecular weight is 342 g/mol. The van der Waals surface area contributed by atoms with Crippen molar-refractivity contribution in [1.29, 1.82) is 0 Å². The van der Waals surface area contributed by atoms with Gasteiger partial charge in [0.05, 0.1) is 0 Å². The number of carbonyl (C=O) groups excluding carboxylic acids is 1.